The van der Waals surface area contributed by atoms with Gasteiger partial charge in [-0.25, -0.2) is 9.97 Å². The highest BCUT2D eigenvalue weighted by atomic mass is 16.3. The largest absolute Gasteiger partial charge is 0.390 e. The van der Waals surface area contributed by atoms with Crippen LogP contribution >= 0.6 is 0 Å². The summed E-state index contributed by atoms with van der Waals surface area (Å²) in [5, 5.41) is 13.5. The van der Waals surface area contributed by atoms with E-state index in [9.17, 15) is 9.90 Å². The van der Waals surface area contributed by atoms with Gasteiger partial charge in [-0.2, -0.15) is 0 Å². The first-order valence-corrected chi connectivity index (χ1v) is 11.8. The van der Waals surface area contributed by atoms with E-state index >= 15 is 0 Å². The summed E-state index contributed by atoms with van der Waals surface area (Å²) in [5.41, 5.74) is 5.69. The summed E-state index contributed by atoms with van der Waals surface area (Å²) in [5.74, 6) is 0.630. The summed E-state index contributed by atoms with van der Waals surface area (Å²) in [6.45, 7) is 3.65. The highest BCUT2D eigenvalue weighted by molar-refractivity contribution is 5.94. The number of carbonyl (C=O) groups excluding carboxylic acids is 1. The van der Waals surface area contributed by atoms with Crippen molar-refractivity contribution >= 4 is 29.3 Å². The molecule has 1 saturated heterocycles. The maximum Gasteiger partial charge on any atom is 0.253 e. The molecule has 0 saturated carbocycles. The minimum atomic E-state index is -0.683. The van der Waals surface area contributed by atoms with E-state index in [1.165, 1.54) is 5.56 Å². The van der Waals surface area contributed by atoms with Gasteiger partial charge < -0.3 is 19.7 Å². The van der Waals surface area contributed by atoms with Gasteiger partial charge in [0.15, 0.2) is 11.5 Å². The number of likely N-dealkylation sites (tertiary alicyclic amines) is 1. The highest BCUT2D eigenvalue weighted by Crippen LogP contribution is 2.28. The zero-order valence-corrected chi connectivity index (χ0v) is 19.5. The highest BCUT2D eigenvalue weighted by Gasteiger charge is 2.30. The van der Waals surface area contributed by atoms with Gasteiger partial charge in [-0.1, -0.05) is 12.1 Å². The number of piperidine rings is 1. The fourth-order valence-electron chi connectivity index (χ4n) is 4.63. The Morgan fingerprint density at radius 2 is 1.91 bits per heavy atom. The van der Waals surface area contributed by atoms with Gasteiger partial charge in [-0.05, 0) is 61.2 Å². The minimum absolute atomic E-state index is 0.0107. The second-order valence-electron chi connectivity index (χ2n) is 9.51. The Balaban J connectivity index is 1.24. The van der Waals surface area contributed by atoms with E-state index in [0.717, 1.165) is 28.2 Å². The Morgan fingerprint density at radius 1 is 1.11 bits per heavy atom. The van der Waals surface area contributed by atoms with Gasteiger partial charge >= 0.3 is 0 Å². The first-order valence-electron chi connectivity index (χ1n) is 11.8. The molecule has 0 radical (unpaired) electrons. The quantitative estimate of drug-likeness (QED) is 0.473. The summed E-state index contributed by atoms with van der Waals surface area (Å²) in [6.07, 6.45) is 8.72. The Bertz CT molecular complexity index is 1440. The average Bonchev–Trinajstić information content (AvgIpc) is 3.53. The molecule has 35 heavy (non-hydrogen) atoms. The van der Waals surface area contributed by atoms with Gasteiger partial charge in [0, 0.05) is 54.7 Å². The van der Waals surface area contributed by atoms with Crippen LogP contribution in [0.4, 0.5) is 11.5 Å². The Labute approximate surface area is 203 Å². The molecule has 2 aromatic heterocycles. The zero-order valence-electron chi connectivity index (χ0n) is 19.5. The molecule has 4 aromatic rings. The Kier molecular flexibility index (Phi) is 5.11. The van der Waals surface area contributed by atoms with Crippen LogP contribution < -0.4 is 5.32 Å². The lowest BCUT2D eigenvalue weighted by Gasteiger charge is -2.35. The van der Waals surface area contributed by atoms with Crippen molar-refractivity contribution in [3.8, 4) is 11.3 Å². The van der Waals surface area contributed by atoms with E-state index in [2.05, 4.69) is 33.5 Å². The van der Waals surface area contributed by atoms with Crippen molar-refractivity contribution in [2.45, 2.75) is 31.9 Å². The molecule has 2 aromatic carbocycles. The molecule has 2 N–H and O–H groups in total. The van der Waals surface area contributed by atoms with Crippen LogP contribution in [-0.2, 0) is 6.54 Å². The number of amides is 1. The summed E-state index contributed by atoms with van der Waals surface area (Å²) in [4.78, 5) is 28.4. The first-order chi connectivity index (χ1) is 16.9. The van der Waals surface area contributed by atoms with Crippen molar-refractivity contribution in [3.05, 3.63) is 77.7 Å². The standard InChI is InChI=1S/C27H26N6O2/c1-27(35)8-11-32(12-9-27)26(34)18-4-6-22(7-5-18)30-24-25-29-10-13-33(25)17-23(31-24)19-2-3-20-15-28-16-21(20)14-19/h2-7,10,13-15,17,35H,8-9,11-12,16H2,1H3,(H,30,31). The number of carbonyl (C=O) groups is 1. The van der Waals surface area contributed by atoms with Gasteiger partial charge in [0.2, 0.25) is 0 Å². The van der Waals surface area contributed by atoms with Crippen molar-refractivity contribution in [2.75, 3.05) is 18.4 Å². The van der Waals surface area contributed by atoms with E-state index < -0.39 is 5.60 Å². The van der Waals surface area contributed by atoms with Crippen molar-refractivity contribution in [2.24, 2.45) is 4.99 Å². The number of nitrogens with one attached hydrogen (secondary N) is 1. The molecule has 176 valence electrons. The summed E-state index contributed by atoms with van der Waals surface area (Å²) >= 11 is 0. The fraction of sp³-hybridized carbons (Fsp3) is 0.259. The predicted molar refractivity (Wildman–Crippen MR) is 135 cm³/mol. The maximum atomic E-state index is 12.9. The van der Waals surface area contributed by atoms with Gasteiger partial charge in [0.1, 0.15) is 0 Å². The topological polar surface area (TPSA) is 95.1 Å². The summed E-state index contributed by atoms with van der Waals surface area (Å²) in [6, 6.07) is 13.7. The average molecular weight is 467 g/mol. The van der Waals surface area contributed by atoms with Gasteiger partial charge in [0.25, 0.3) is 5.91 Å². The van der Waals surface area contributed by atoms with E-state index in [4.69, 9.17) is 4.98 Å². The van der Waals surface area contributed by atoms with Crippen LogP contribution in [0.15, 0.2) is 66.0 Å². The van der Waals surface area contributed by atoms with Crippen LogP contribution in [0.25, 0.3) is 16.9 Å². The molecule has 6 rings (SSSR count). The number of hydrogen-bond donors (Lipinski definition) is 2. The second-order valence-corrected chi connectivity index (χ2v) is 9.51. The van der Waals surface area contributed by atoms with Crippen LogP contribution in [0.3, 0.4) is 0 Å². The molecule has 0 spiro atoms. The molecule has 1 fully saturated rings. The molecule has 4 heterocycles. The smallest absolute Gasteiger partial charge is 0.253 e. The number of aliphatic hydroxyl groups is 1. The molecule has 8 heteroatoms. The van der Waals surface area contributed by atoms with Crippen LogP contribution in [0, 0.1) is 0 Å². The Morgan fingerprint density at radius 3 is 2.71 bits per heavy atom. The van der Waals surface area contributed by atoms with E-state index in [-0.39, 0.29) is 5.91 Å². The molecule has 1 amide bonds. The molecule has 0 bridgehead atoms. The van der Waals surface area contributed by atoms with Crippen molar-refractivity contribution in [3.63, 3.8) is 0 Å². The second kappa shape index (κ2) is 8.32. The predicted octanol–water partition coefficient (Wildman–Crippen LogP) is 4.06. The number of aromatic nitrogens is 3. The van der Waals surface area contributed by atoms with E-state index in [0.29, 0.717) is 43.9 Å². The molecular formula is C27H26N6O2. The SMILES string of the molecule is CC1(O)CCN(C(=O)c2ccc(Nc3nc(-c4ccc5c(c4)CN=C5)cn4ccnc34)cc2)CC1. The molecular weight excluding hydrogens is 440 g/mol. The number of aliphatic imine (C=N–C) groups is 1. The minimum Gasteiger partial charge on any atom is -0.390 e. The lowest BCUT2D eigenvalue weighted by molar-refractivity contribution is -0.00202. The van der Waals surface area contributed by atoms with Crippen molar-refractivity contribution in [1.29, 1.82) is 0 Å². The van der Waals surface area contributed by atoms with E-state index in [1.807, 2.05) is 54.2 Å². The van der Waals surface area contributed by atoms with Crippen LogP contribution in [0.5, 0.6) is 0 Å². The lowest BCUT2D eigenvalue weighted by Crippen LogP contribution is -2.45. The van der Waals surface area contributed by atoms with Crippen LogP contribution in [0.2, 0.25) is 0 Å². The third-order valence-corrected chi connectivity index (χ3v) is 6.83. The molecule has 0 atom stereocenters. The monoisotopic (exact) mass is 466 g/mol. The number of nitrogens with zero attached hydrogens (tertiary/aromatic N) is 5. The first kappa shape index (κ1) is 21.5. The number of imidazole rings is 1. The van der Waals surface area contributed by atoms with Gasteiger partial charge in [-0.3, -0.25) is 9.79 Å². The number of fused-ring (bicyclic) bond motifs is 2. The molecule has 2 aliphatic rings. The third kappa shape index (κ3) is 4.17. The van der Waals surface area contributed by atoms with E-state index in [1.54, 1.807) is 11.1 Å². The number of rotatable bonds is 4. The van der Waals surface area contributed by atoms with Crippen molar-refractivity contribution in [1.82, 2.24) is 19.3 Å². The number of anilines is 2. The molecule has 0 unspecified atom stereocenters. The van der Waals surface area contributed by atoms with Crippen molar-refractivity contribution < 1.29 is 9.90 Å². The van der Waals surface area contributed by atoms with Crippen LogP contribution in [0.1, 0.15) is 41.3 Å². The maximum absolute atomic E-state index is 12.9. The Hall–Kier alpha value is -4.04. The van der Waals surface area contributed by atoms with Gasteiger partial charge in [0.05, 0.1) is 17.8 Å². The molecule has 2 aliphatic heterocycles. The lowest BCUT2D eigenvalue weighted by atomic mass is 9.93. The fourth-order valence-corrected chi connectivity index (χ4v) is 4.63. The van der Waals surface area contributed by atoms with Gasteiger partial charge in [-0.15, -0.1) is 0 Å². The summed E-state index contributed by atoms with van der Waals surface area (Å²) in [7, 11) is 0. The number of benzene rings is 2. The summed E-state index contributed by atoms with van der Waals surface area (Å²) < 4.78 is 1.96. The molecule has 0 aliphatic carbocycles. The zero-order chi connectivity index (χ0) is 24.0. The third-order valence-electron chi connectivity index (χ3n) is 6.83. The molecule has 8 nitrogen and oxygen atoms in total. The number of hydrogen-bond acceptors (Lipinski definition) is 6. The normalized spacial score (nSPS) is 16.5. The van der Waals surface area contributed by atoms with Crippen LogP contribution in [-0.4, -0.2) is 55.2 Å².